The molecular weight excluding hydrogens is 356 g/mol. The zero-order valence-corrected chi connectivity index (χ0v) is 16.4. The fourth-order valence-corrected chi connectivity index (χ4v) is 3.32. The molecule has 6 nitrogen and oxygen atoms in total. The molecule has 0 unspecified atom stereocenters. The monoisotopic (exact) mass is 382 g/mol. The minimum absolute atomic E-state index is 0.0241. The summed E-state index contributed by atoms with van der Waals surface area (Å²) in [7, 11) is 0. The third kappa shape index (κ3) is 5.31. The van der Waals surface area contributed by atoms with Gasteiger partial charge >= 0.3 is 0 Å². The van der Waals surface area contributed by atoms with Gasteiger partial charge in [0.2, 0.25) is 0 Å². The Morgan fingerprint density at radius 1 is 1.14 bits per heavy atom. The highest BCUT2D eigenvalue weighted by molar-refractivity contribution is 5.94. The van der Waals surface area contributed by atoms with Gasteiger partial charge in [0.25, 0.3) is 5.91 Å². The van der Waals surface area contributed by atoms with Crippen LogP contribution in [0.4, 0.5) is 0 Å². The maximum Gasteiger partial charge on any atom is 0.253 e. The van der Waals surface area contributed by atoms with Crippen molar-refractivity contribution in [1.82, 2.24) is 9.88 Å². The maximum atomic E-state index is 12.8. The molecule has 0 radical (unpaired) electrons. The lowest BCUT2D eigenvalue weighted by molar-refractivity contribution is -0.116. The van der Waals surface area contributed by atoms with E-state index in [4.69, 9.17) is 9.47 Å². The average Bonchev–Trinajstić information content (AvgIpc) is 2.68. The first-order valence-electron chi connectivity index (χ1n) is 9.68. The second kappa shape index (κ2) is 9.35. The predicted octanol–water partition coefficient (Wildman–Crippen LogP) is 3.30. The number of hydrogen-bond acceptors (Lipinski definition) is 5. The van der Waals surface area contributed by atoms with Gasteiger partial charge in [0, 0.05) is 55.9 Å². The van der Waals surface area contributed by atoms with Crippen LogP contribution >= 0.6 is 0 Å². The first-order valence-corrected chi connectivity index (χ1v) is 9.68. The third-order valence-electron chi connectivity index (χ3n) is 4.64. The van der Waals surface area contributed by atoms with Gasteiger partial charge in [-0.25, -0.2) is 0 Å². The fourth-order valence-electron chi connectivity index (χ4n) is 3.32. The Balaban J connectivity index is 1.55. The van der Waals surface area contributed by atoms with Crippen molar-refractivity contribution in [3.63, 3.8) is 0 Å². The third-order valence-corrected chi connectivity index (χ3v) is 4.64. The molecule has 1 aliphatic heterocycles. The predicted molar refractivity (Wildman–Crippen MR) is 106 cm³/mol. The van der Waals surface area contributed by atoms with E-state index in [-0.39, 0.29) is 24.2 Å². The van der Waals surface area contributed by atoms with Crippen LogP contribution in [-0.4, -0.2) is 47.4 Å². The van der Waals surface area contributed by atoms with Crippen LogP contribution in [0.5, 0.6) is 11.5 Å². The van der Waals surface area contributed by atoms with E-state index in [2.05, 4.69) is 4.98 Å². The Bertz CT molecular complexity index is 829. The minimum atomic E-state index is -0.0241. The molecule has 1 saturated heterocycles. The molecule has 1 amide bonds. The lowest BCUT2D eigenvalue weighted by Crippen LogP contribution is -2.41. The summed E-state index contributed by atoms with van der Waals surface area (Å²) in [6.07, 6.45) is 3.46. The molecule has 1 fully saturated rings. The van der Waals surface area contributed by atoms with Crippen LogP contribution < -0.4 is 9.47 Å². The largest absolute Gasteiger partial charge is 0.494 e. The van der Waals surface area contributed by atoms with E-state index in [1.807, 2.05) is 36.1 Å². The number of carbonyl (C=O) groups is 2. The van der Waals surface area contributed by atoms with Crippen molar-refractivity contribution in [1.29, 1.82) is 0 Å². The first-order chi connectivity index (χ1) is 13.5. The van der Waals surface area contributed by atoms with Crippen LogP contribution in [0.3, 0.4) is 0 Å². The van der Waals surface area contributed by atoms with Crippen LogP contribution in [-0.2, 0) is 11.2 Å². The Kier molecular flexibility index (Phi) is 6.63. The van der Waals surface area contributed by atoms with Crippen molar-refractivity contribution in [2.24, 2.45) is 0 Å². The highest BCUT2D eigenvalue weighted by atomic mass is 16.5. The number of ketones is 1. The summed E-state index contributed by atoms with van der Waals surface area (Å²) in [5.41, 5.74) is 1.21. The zero-order chi connectivity index (χ0) is 19.9. The van der Waals surface area contributed by atoms with Crippen LogP contribution in [0, 0.1) is 0 Å². The van der Waals surface area contributed by atoms with Crippen LogP contribution in [0.1, 0.15) is 42.7 Å². The van der Waals surface area contributed by atoms with Gasteiger partial charge in [-0.1, -0.05) is 6.07 Å². The number of piperidine rings is 1. The zero-order valence-electron chi connectivity index (χ0n) is 16.4. The fraction of sp³-hybridized carbons (Fsp3) is 0.409. The minimum Gasteiger partial charge on any atom is -0.494 e. The second-order valence-corrected chi connectivity index (χ2v) is 6.93. The quantitative estimate of drug-likeness (QED) is 0.735. The molecule has 1 aromatic carbocycles. The number of carbonyl (C=O) groups excluding carboxylic acids is 2. The molecule has 1 aliphatic rings. The van der Waals surface area contributed by atoms with Gasteiger partial charge in [0.1, 0.15) is 23.4 Å². The van der Waals surface area contributed by atoms with E-state index in [9.17, 15) is 9.59 Å². The summed E-state index contributed by atoms with van der Waals surface area (Å²) in [6.45, 7) is 5.36. The number of Topliss-reactive ketones (excluding diaryl/α,β-unsaturated/α-hetero) is 1. The van der Waals surface area contributed by atoms with Crippen LogP contribution in [0.2, 0.25) is 0 Å². The number of amides is 1. The molecule has 0 atom stereocenters. The molecule has 1 aromatic heterocycles. The number of rotatable bonds is 7. The van der Waals surface area contributed by atoms with Crippen molar-refractivity contribution < 1.29 is 19.1 Å². The van der Waals surface area contributed by atoms with E-state index in [0.717, 1.165) is 24.3 Å². The molecule has 2 aromatic rings. The van der Waals surface area contributed by atoms with Gasteiger partial charge in [0.05, 0.1) is 6.61 Å². The van der Waals surface area contributed by atoms with Crippen molar-refractivity contribution in [2.75, 3.05) is 19.7 Å². The summed E-state index contributed by atoms with van der Waals surface area (Å²) in [4.78, 5) is 30.1. The number of pyridine rings is 1. The highest BCUT2D eigenvalue weighted by Crippen LogP contribution is 2.24. The smallest absolute Gasteiger partial charge is 0.253 e. The molecule has 6 heteroatoms. The number of aromatic nitrogens is 1. The number of hydrogen-bond donors (Lipinski definition) is 0. The number of nitrogens with zero attached hydrogens (tertiary/aromatic N) is 2. The SMILES string of the molecule is CCOc1cccc(OC2CCN(C(=O)c3ccnc(CC(C)=O)c3)CC2)c1. The van der Waals surface area contributed by atoms with Crippen molar-refractivity contribution in [3.05, 3.63) is 53.9 Å². The summed E-state index contributed by atoms with van der Waals surface area (Å²) < 4.78 is 11.6. The van der Waals surface area contributed by atoms with E-state index < -0.39 is 0 Å². The summed E-state index contributed by atoms with van der Waals surface area (Å²) in [5.74, 6) is 1.60. The van der Waals surface area contributed by atoms with Gasteiger partial charge in [0.15, 0.2) is 0 Å². The summed E-state index contributed by atoms with van der Waals surface area (Å²) >= 11 is 0. The lowest BCUT2D eigenvalue weighted by atomic mass is 10.1. The molecule has 2 heterocycles. The normalized spacial score (nSPS) is 14.6. The molecule has 28 heavy (non-hydrogen) atoms. The van der Waals surface area contributed by atoms with Crippen LogP contribution in [0.25, 0.3) is 0 Å². The Morgan fingerprint density at radius 3 is 2.61 bits per heavy atom. The van der Waals surface area contributed by atoms with Crippen molar-refractivity contribution >= 4 is 11.7 Å². The number of likely N-dealkylation sites (tertiary alicyclic amines) is 1. The summed E-state index contributed by atoms with van der Waals surface area (Å²) in [6, 6.07) is 11.1. The van der Waals surface area contributed by atoms with Crippen LogP contribution in [0.15, 0.2) is 42.6 Å². The van der Waals surface area contributed by atoms with E-state index in [1.165, 1.54) is 6.92 Å². The van der Waals surface area contributed by atoms with Gasteiger partial charge < -0.3 is 14.4 Å². The van der Waals surface area contributed by atoms with E-state index >= 15 is 0 Å². The van der Waals surface area contributed by atoms with Gasteiger partial charge in [-0.15, -0.1) is 0 Å². The Morgan fingerprint density at radius 2 is 1.89 bits per heavy atom. The summed E-state index contributed by atoms with van der Waals surface area (Å²) in [5, 5.41) is 0. The molecule has 3 rings (SSSR count). The first kappa shape index (κ1) is 19.9. The molecule has 0 spiro atoms. The van der Waals surface area contributed by atoms with Gasteiger partial charge in [-0.2, -0.15) is 0 Å². The Hall–Kier alpha value is -2.89. The van der Waals surface area contributed by atoms with Gasteiger partial charge in [-0.3, -0.25) is 14.6 Å². The van der Waals surface area contributed by atoms with E-state index in [1.54, 1.807) is 18.3 Å². The van der Waals surface area contributed by atoms with Crippen molar-refractivity contribution in [2.45, 2.75) is 39.2 Å². The molecule has 148 valence electrons. The Labute approximate surface area is 165 Å². The number of benzene rings is 1. The molecule has 0 aliphatic carbocycles. The number of ether oxygens (including phenoxy) is 2. The standard InChI is InChI=1S/C22H26N2O4/c1-3-27-20-5-4-6-21(15-20)28-19-8-11-24(12-9-19)22(26)17-7-10-23-18(14-17)13-16(2)25/h4-7,10,14-15,19H,3,8-9,11-13H2,1-2H3. The molecule has 0 saturated carbocycles. The topological polar surface area (TPSA) is 68.7 Å². The highest BCUT2D eigenvalue weighted by Gasteiger charge is 2.25. The molecule has 0 bridgehead atoms. The second-order valence-electron chi connectivity index (χ2n) is 6.93. The molecular formula is C22H26N2O4. The lowest BCUT2D eigenvalue weighted by Gasteiger charge is -2.32. The average molecular weight is 382 g/mol. The van der Waals surface area contributed by atoms with E-state index in [0.29, 0.717) is 31.0 Å². The van der Waals surface area contributed by atoms with Gasteiger partial charge in [-0.05, 0) is 38.1 Å². The maximum absolute atomic E-state index is 12.8. The van der Waals surface area contributed by atoms with Crippen molar-refractivity contribution in [3.8, 4) is 11.5 Å². The molecule has 0 N–H and O–H groups in total.